The van der Waals surface area contributed by atoms with Crippen molar-refractivity contribution in [3.8, 4) is 5.75 Å². The van der Waals surface area contributed by atoms with Crippen molar-refractivity contribution in [2.24, 2.45) is 17.4 Å². The number of pyridine rings is 1. The second kappa shape index (κ2) is 10.1. The Bertz CT molecular complexity index is 860. The molecule has 0 saturated carbocycles. The van der Waals surface area contributed by atoms with Crippen LogP contribution in [-0.2, 0) is 10.2 Å². The topological polar surface area (TPSA) is 103 Å². The molecule has 30 heavy (non-hydrogen) atoms. The molecule has 166 valence electrons. The van der Waals surface area contributed by atoms with Crippen LogP contribution in [0.2, 0.25) is 0 Å². The van der Waals surface area contributed by atoms with Crippen LogP contribution in [0.1, 0.15) is 66.0 Å². The normalized spacial score (nSPS) is 14.9. The van der Waals surface area contributed by atoms with Gasteiger partial charge in [-0.3, -0.25) is 9.78 Å². The van der Waals surface area contributed by atoms with Gasteiger partial charge in [0.25, 0.3) is 0 Å². The molecule has 1 aromatic heterocycles. The van der Waals surface area contributed by atoms with E-state index in [1.165, 1.54) is 0 Å². The quantitative estimate of drug-likeness (QED) is 0.502. The number of nitrogens with zero attached hydrogens (tertiary/aromatic N) is 1. The van der Waals surface area contributed by atoms with Gasteiger partial charge in [-0.25, -0.2) is 0 Å². The third-order valence-corrected chi connectivity index (χ3v) is 5.66. The Kier molecular flexibility index (Phi) is 8.07. The number of primary amides is 1. The van der Waals surface area contributed by atoms with Gasteiger partial charge in [0.05, 0.1) is 24.4 Å². The van der Waals surface area contributed by atoms with Crippen LogP contribution in [-0.4, -0.2) is 30.1 Å². The van der Waals surface area contributed by atoms with Crippen molar-refractivity contribution in [1.82, 2.24) is 4.98 Å². The van der Waals surface area contributed by atoms with Crippen LogP contribution in [0.4, 0.5) is 5.69 Å². The zero-order valence-corrected chi connectivity index (χ0v) is 19.3. The average molecular weight is 415 g/mol. The summed E-state index contributed by atoms with van der Waals surface area (Å²) in [4.78, 5) is 16.2. The zero-order valence-electron chi connectivity index (χ0n) is 19.3. The van der Waals surface area contributed by atoms with Gasteiger partial charge < -0.3 is 21.5 Å². The molecule has 2 aromatic rings. The van der Waals surface area contributed by atoms with Gasteiger partial charge in [-0.05, 0) is 37.8 Å². The van der Waals surface area contributed by atoms with Gasteiger partial charge in [-0.1, -0.05) is 46.6 Å². The second-order valence-corrected chi connectivity index (χ2v) is 9.43. The molecule has 2 rings (SSSR count). The molecule has 1 heterocycles. The summed E-state index contributed by atoms with van der Waals surface area (Å²) in [6.07, 6.45) is 3.97. The summed E-state index contributed by atoms with van der Waals surface area (Å²) in [6, 6.07) is 7.96. The van der Waals surface area contributed by atoms with Crippen molar-refractivity contribution in [3.05, 3.63) is 30.0 Å². The molecule has 6 heteroatoms. The summed E-state index contributed by atoms with van der Waals surface area (Å²) >= 11 is 0. The molecule has 0 aliphatic heterocycles. The van der Waals surface area contributed by atoms with E-state index in [1.54, 1.807) is 7.11 Å². The van der Waals surface area contributed by atoms with E-state index < -0.39 is 11.9 Å². The van der Waals surface area contributed by atoms with Crippen LogP contribution in [0.3, 0.4) is 0 Å². The van der Waals surface area contributed by atoms with Crippen molar-refractivity contribution in [1.29, 1.82) is 0 Å². The molecule has 5 N–H and O–H groups in total. The van der Waals surface area contributed by atoms with Crippen molar-refractivity contribution < 1.29 is 9.53 Å². The van der Waals surface area contributed by atoms with Gasteiger partial charge in [-0.2, -0.15) is 0 Å². The van der Waals surface area contributed by atoms with Crippen LogP contribution < -0.4 is 21.5 Å². The molecule has 0 fully saturated rings. The molecule has 3 atom stereocenters. The summed E-state index contributed by atoms with van der Waals surface area (Å²) in [5, 5.41) is 4.69. The number of hydrogen-bond acceptors (Lipinski definition) is 5. The van der Waals surface area contributed by atoms with Gasteiger partial charge in [0.15, 0.2) is 0 Å². The molecule has 0 spiro atoms. The molecule has 1 amide bonds. The number of nitrogens with one attached hydrogen (secondary N) is 1. The number of methoxy groups -OCH3 is 1. The highest BCUT2D eigenvalue weighted by atomic mass is 16.5. The average Bonchev–Trinajstić information content (AvgIpc) is 2.69. The molecular formula is C24H38N4O2. The number of fused-ring (bicyclic) bond motifs is 1. The first-order valence-corrected chi connectivity index (χ1v) is 10.8. The fourth-order valence-corrected chi connectivity index (χ4v) is 3.57. The van der Waals surface area contributed by atoms with E-state index in [0.717, 1.165) is 53.7 Å². The fourth-order valence-electron chi connectivity index (χ4n) is 3.57. The van der Waals surface area contributed by atoms with Crippen molar-refractivity contribution >= 4 is 22.5 Å². The van der Waals surface area contributed by atoms with Crippen LogP contribution in [0.25, 0.3) is 10.9 Å². The first-order chi connectivity index (χ1) is 14.0. The largest absolute Gasteiger partial charge is 0.497 e. The number of rotatable bonds is 10. The van der Waals surface area contributed by atoms with Gasteiger partial charge in [0.1, 0.15) is 5.75 Å². The number of nitrogens with two attached hydrogens (primary N) is 2. The van der Waals surface area contributed by atoms with E-state index in [9.17, 15) is 4.79 Å². The minimum atomic E-state index is -0.563. The predicted molar refractivity (Wildman–Crippen MR) is 125 cm³/mol. The van der Waals surface area contributed by atoms with Gasteiger partial charge in [0.2, 0.25) is 5.91 Å². The number of unbranched alkanes of at least 4 members (excludes halogenated alkanes) is 1. The number of anilines is 1. The van der Waals surface area contributed by atoms with Crippen LogP contribution in [0, 0.1) is 5.92 Å². The third-order valence-electron chi connectivity index (χ3n) is 5.66. The Morgan fingerprint density at radius 3 is 2.43 bits per heavy atom. The predicted octanol–water partition coefficient (Wildman–Crippen LogP) is 4.35. The summed E-state index contributed by atoms with van der Waals surface area (Å²) in [5.74, 6) is 0.495. The number of carbonyl (C=O) groups is 1. The van der Waals surface area contributed by atoms with Crippen molar-refractivity contribution in [3.63, 3.8) is 0 Å². The standard InChI is InChI=1S/C24H38N4O2/c1-15(21(25)23(26)29)9-7-8-10-16(2)27-19-14-18(30-6)13-17-11-12-20(24(3,4)5)28-22(17)19/h11-16,21,27H,7-10,25H2,1-6H3,(H2,26,29)/t15?,16?,21-/m0/s1. The maximum absolute atomic E-state index is 11.2. The van der Waals surface area contributed by atoms with Gasteiger partial charge >= 0.3 is 0 Å². The Labute approximate surface area is 180 Å². The van der Waals surface area contributed by atoms with E-state index in [0.29, 0.717) is 0 Å². The highest BCUT2D eigenvalue weighted by Gasteiger charge is 2.19. The molecule has 6 nitrogen and oxygen atoms in total. The lowest BCUT2D eigenvalue weighted by atomic mass is 9.91. The maximum Gasteiger partial charge on any atom is 0.234 e. The zero-order chi connectivity index (χ0) is 22.5. The minimum absolute atomic E-state index is 0.0144. The summed E-state index contributed by atoms with van der Waals surface area (Å²) < 4.78 is 5.49. The SMILES string of the molecule is COc1cc(NC(C)CCCCC(C)[C@H](N)C(N)=O)c2nc(C(C)(C)C)ccc2c1. The molecule has 0 aliphatic carbocycles. The number of benzene rings is 1. The Morgan fingerprint density at radius 2 is 1.83 bits per heavy atom. The fraction of sp³-hybridized carbons (Fsp3) is 0.583. The number of ether oxygens (including phenoxy) is 1. The molecule has 0 aliphatic rings. The molecule has 0 saturated heterocycles. The second-order valence-electron chi connectivity index (χ2n) is 9.43. The van der Waals surface area contributed by atoms with Crippen molar-refractivity contribution in [2.45, 2.75) is 77.8 Å². The van der Waals surface area contributed by atoms with Crippen LogP contribution in [0.15, 0.2) is 24.3 Å². The number of amides is 1. The Morgan fingerprint density at radius 1 is 1.17 bits per heavy atom. The van der Waals surface area contributed by atoms with E-state index in [-0.39, 0.29) is 17.4 Å². The molecule has 0 radical (unpaired) electrons. The summed E-state index contributed by atoms with van der Waals surface area (Å²) in [7, 11) is 1.68. The Hall–Kier alpha value is -2.34. The summed E-state index contributed by atoms with van der Waals surface area (Å²) in [6.45, 7) is 10.7. The smallest absolute Gasteiger partial charge is 0.234 e. The van der Waals surface area contributed by atoms with Crippen molar-refractivity contribution in [2.75, 3.05) is 12.4 Å². The third kappa shape index (κ3) is 6.33. The monoisotopic (exact) mass is 414 g/mol. The first-order valence-electron chi connectivity index (χ1n) is 10.8. The van der Waals surface area contributed by atoms with E-state index >= 15 is 0 Å². The van der Waals surface area contributed by atoms with Crippen LogP contribution >= 0.6 is 0 Å². The minimum Gasteiger partial charge on any atom is -0.497 e. The summed E-state index contributed by atoms with van der Waals surface area (Å²) in [5.41, 5.74) is 14.1. The Balaban J connectivity index is 2.07. The lowest BCUT2D eigenvalue weighted by Gasteiger charge is -2.21. The lowest BCUT2D eigenvalue weighted by molar-refractivity contribution is -0.120. The molecule has 0 bridgehead atoms. The maximum atomic E-state index is 11.2. The molecular weight excluding hydrogens is 376 g/mol. The lowest BCUT2D eigenvalue weighted by Crippen LogP contribution is -2.41. The van der Waals surface area contributed by atoms with Gasteiger partial charge in [-0.15, -0.1) is 0 Å². The van der Waals surface area contributed by atoms with E-state index in [4.69, 9.17) is 21.2 Å². The number of hydrogen-bond donors (Lipinski definition) is 3. The molecule has 1 aromatic carbocycles. The molecule has 2 unspecified atom stereocenters. The van der Waals surface area contributed by atoms with E-state index in [2.05, 4.69) is 45.1 Å². The van der Waals surface area contributed by atoms with Crippen LogP contribution in [0.5, 0.6) is 5.75 Å². The highest BCUT2D eigenvalue weighted by molar-refractivity contribution is 5.92. The number of carbonyl (C=O) groups excluding carboxylic acids is 1. The van der Waals surface area contributed by atoms with Gasteiger partial charge in [0, 0.05) is 28.6 Å². The van der Waals surface area contributed by atoms with E-state index in [1.807, 2.05) is 19.1 Å². The highest BCUT2D eigenvalue weighted by Crippen LogP contribution is 2.31. The number of aromatic nitrogens is 1. The first kappa shape index (κ1) is 23.9.